The lowest BCUT2D eigenvalue weighted by atomic mass is 10.0. The van der Waals surface area contributed by atoms with E-state index in [4.69, 9.17) is 11.6 Å². The number of aliphatic hydroxyl groups is 1. The molecule has 0 bridgehead atoms. The van der Waals surface area contributed by atoms with Gasteiger partial charge in [-0.05, 0) is 47.7 Å². The zero-order chi connectivity index (χ0) is 19.1. The molecule has 0 heterocycles. The number of amides is 1. The number of hydrogen-bond donors (Lipinski definition) is 2. The molecular weight excluding hydrogens is 358 g/mol. The molecule has 138 valence electrons. The first-order chi connectivity index (χ1) is 13.1. The van der Waals surface area contributed by atoms with Gasteiger partial charge < -0.3 is 10.4 Å². The summed E-state index contributed by atoms with van der Waals surface area (Å²) < 4.78 is 0. The van der Waals surface area contributed by atoms with Crippen molar-refractivity contribution in [3.63, 3.8) is 0 Å². The van der Waals surface area contributed by atoms with Gasteiger partial charge in [0.1, 0.15) is 0 Å². The van der Waals surface area contributed by atoms with E-state index in [1.165, 1.54) is 0 Å². The fraction of sp³-hybridized carbons (Fsp3) is 0.174. The molecule has 1 amide bonds. The molecule has 4 heteroatoms. The first kappa shape index (κ1) is 19.2. The third kappa shape index (κ3) is 5.68. The Balaban J connectivity index is 1.51. The number of carbonyl (C=O) groups excluding carboxylic acids is 1. The normalized spacial score (nSPS) is 11.8. The van der Waals surface area contributed by atoms with Crippen molar-refractivity contribution >= 4 is 23.2 Å². The first-order valence-corrected chi connectivity index (χ1v) is 9.35. The number of aliphatic hydroxyl groups excluding tert-OH is 1. The smallest absolute Gasteiger partial charge is 0.228 e. The van der Waals surface area contributed by atoms with Gasteiger partial charge in [0, 0.05) is 10.7 Å². The lowest BCUT2D eigenvalue weighted by Gasteiger charge is -2.11. The van der Waals surface area contributed by atoms with Gasteiger partial charge in [-0.2, -0.15) is 0 Å². The fourth-order valence-electron chi connectivity index (χ4n) is 2.92. The molecule has 3 rings (SSSR count). The summed E-state index contributed by atoms with van der Waals surface area (Å²) in [5.74, 6) is -0.102. The van der Waals surface area contributed by atoms with Crippen LogP contribution in [0.1, 0.15) is 29.2 Å². The Hall–Kier alpha value is -2.62. The van der Waals surface area contributed by atoms with E-state index in [1.807, 2.05) is 72.8 Å². The SMILES string of the molecule is O=C(Cc1ccccc1Cl)Nc1ccc(CCC(O)c2ccccc2)cc1. The summed E-state index contributed by atoms with van der Waals surface area (Å²) >= 11 is 6.10. The summed E-state index contributed by atoms with van der Waals surface area (Å²) in [7, 11) is 0. The van der Waals surface area contributed by atoms with Gasteiger partial charge in [0.15, 0.2) is 0 Å². The molecule has 1 atom stereocenters. The maximum atomic E-state index is 12.2. The van der Waals surface area contributed by atoms with E-state index in [2.05, 4.69) is 5.32 Å². The van der Waals surface area contributed by atoms with Gasteiger partial charge in [0.05, 0.1) is 12.5 Å². The Morgan fingerprint density at radius 2 is 1.59 bits per heavy atom. The van der Waals surface area contributed by atoms with Gasteiger partial charge in [0.2, 0.25) is 5.91 Å². The summed E-state index contributed by atoms with van der Waals surface area (Å²) in [6.07, 6.45) is 1.19. The molecule has 0 saturated carbocycles. The third-order valence-electron chi connectivity index (χ3n) is 4.44. The number of anilines is 1. The van der Waals surface area contributed by atoms with Crippen LogP contribution in [0.4, 0.5) is 5.69 Å². The molecule has 0 aliphatic heterocycles. The monoisotopic (exact) mass is 379 g/mol. The van der Waals surface area contributed by atoms with Crippen LogP contribution in [0.5, 0.6) is 0 Å². The molecule has 1 unspecified atom stereocenters. The van der Waals surface area contributed by atoms with E-state index >= 15 is 0 Å². The highest BCUT2D eigenvalue weighted by molar-refractivity contribution is 6.31. The van der Waals surface area contributed by atoms with Crippen molar-refractivity contribution < 1.29 is 9.90 Å². The van der Waals surface area contributed by atoms with Gasteiger partial charge in [-0.15, -0.1) is 0 Å². The maximum absolute atomic E-state index is 12.2. The number of halogens is 1. The molecule has 27 heavy (non-hydrogen) atoms. The number of benzene rings is 3. The van der Waals surface area contributed by atoms with Crippen molar-refractivity contribution in [3.8, 4) is 0 Å². The van der Waals surface area contributed by atoms with Crippen molar-refractivity contribution in [1.29, 1.82) is 0 Å². The Kier molecular flexibility index (Phi) is 6.64. The van der Waals surface area contributed by atoms with E-state index in [9.17, 15) is 9.90 Å². The van der Waals surface area contributed by atoms with Crippen molar-refractivity contribution in [2.24, 2.45) is 0 Å². The van der Waals surface area contributed by atoms with Crippen LogP contribution in [0.15, 0.2) is 78.9 Å². The van der Waals surface area contributed by atoms with Crippen molar-refractivity contribution in [2.75, 3.05) is 5.32 Å². The lowest BCUT2D eigenvalue weighted by Crippen LogP contribution is -2.14. The van der Waals surface area contributed by atoms with Gasteiger partial charge >= 0.3 is 0 Å². The van der Waals surface area contributed by atoms with Crippen LogP contribution in [0.25, 0.3) is 0 Å². The fourth-order valence-corrected chi connectivity index (χ4v) is 3.12. The second kappa shape index (κ2) is 9.36. The van der Waals surface area contributed by atoms with E-state index in [1.54, 1.807) is 6.07 Å². The average Bonchev–Trinajstić information content (AvgIpc) is 2.69. The quantitative estimate of drug-likeness (QED) is 0.593. The maximum Gasteiger partial charge on any atom is 0.228 e. The standard InChI is InChI=1S/C23H22ClNO2/c24-21-9-5-4-8-19(21)16-23(27)25-20-13-10-17(11-14-20)12-15-22(26)18-6-2-1-3-7-18/h1-11,13-14,22,26H,12,15-16H2,(H,25,27). The molecule has 3 aromatic carbocycles. The molecular formula is C23H22ClNO2. The van der Waals surface area contributed by atoms with Crippen LogP contribution < -0.4 is 5.32 Å². The first-order valence-electron chi connectivity index (χ1n) is 8.97. The minimum atomic E-state index is -0.471. The van der Waals surface area contributed by atoms with Crippen LogP contribution in [-0.2, 0) is 17.6 Å². The van der Waals surface area contributed by atoms with Crippen LogP contribution >= 0.6 is 11.6 Å². The molecule has 0 aliphatic rings. The van der Waals surface area contributed by atoms with Crippen LogP contribution in [0, 0.1) is 0 Å². The zero-order valence-corrected chi connectivity index (χ0v) is 15.7. The highest BCUT2D eigenvalue weighted by atomic mass is 35.5. The van der Waals surface area contributed by atoms with Crippen LogP contribution in [0.2, 0.25) is 5.02 Å². The van der Waals surface area contributed by atoms with Crippen molar-refractivity contribution in [1.82, 2.24) is 0 Å². The zero-order valence-electron chi connectivity index (χ0n) is 14.9. The Morgan fingerprint density at radius 3 is 2.30 bits per heavy atom. The van der Waals surface area contributed by atoms with Crippen LogP contribution in [0.3, 0.4) is 0 Å². The minimum Gasteiger partial charge on any atom is -0.388 e. The second-order valence-corrected chi connectivity index (χ2v) is 6.89. The number of carbonyl (C=O) groups is 1. The number of nitrogens with one attached hydrogen (secondary N) is 1. The summed E-state index contributed by atoms with van der Waals surface area (Å²) in [6, 6.07) is 24.7. The number of hydrogen-bond acceptors (Lipinski definition) is 2. The molecule has 0 spiro atoms. The van der Waals surface area contributed by atoms with Crippen LogP contribution in [-0.4, -0.2) is 11.0 Å². The average molecular weight is 380 g/mol. The summed E-state index contributed by atoms with van der Waals surface area (Å²) in [5, 5.41) is 13.7. The second-order valence-electron chi connectivity index (χ2n) is 6.48. The van der Waals surface area contributed by atoms with E-state index in [-0.39, 0.29) is 12.3 Å². The topological polar surface area (TPSA) is 49.3 Å². The number of aryl methyl sites for hydroxylation is 1. The molecule has 0 saturated heterocycles. The molecule has 0 radical (unpaired) electrons. The Labute approximate surface area is 164 Å². The summed E-state index contributed by atoms with van der Waals surface area (Å²) in [5.41, 5.74) is 3.61. The number of rotatable bonds is 7. The minimum absolute atomic E-state index is 0.102. The van der Waals surface area contributed by atoms with Gasteiger partial charge in [0.25, 0.3) is 0 Å². The molecule has 0 aliphatic carbocycles. The van der Waals surface area contributed by atoms with Gasteiger partial charge in [-0.25, -0.2) is 0 Å². The van der Waals surface area contributed by atoms with Gasteiger partial charge in [-0.1, -0.05) is 72.3 Å². The molecule has 3 aromatic rings. The van der Waals surface area contributed by atoms with E-state index in [0.29, 0.717) is 11.4 Å². The Bertz CT molecular complexity index is 878. The third-order valence-corrected chi connectivity index (χ3v) is 4.81. The van der Waals surface area contributed by atoms with E-state index in [0.717, 1.165) is 28.8 Å². The van der Waals surface area contributed by atoms with E-state index < -0.39 is 6.10 Å². The van der Waals surface area contributed by atoms with Gasteiger partial charge in [-0.3, -0.25) is 4.79 Å². The molecule has 3 nitrogen and oxygen atoms in total. The summed E-state index contributed by atoms with van der Waals surface area (Å²) in [6.45, 7) is 0. The highest BCUT2D eigenvalue weighted by Crippen LogP contribution is 2.20. The Morgan fingerprint density at radius 1 is 0.926 bits per heavy atom. The largest absolute Gasteiger partial charge is 0.388 e. The molecule has 2 N–H and O–H groups in total. The molecule has 0 fully saturated rings. The highest BCUT2D eigenvalue weighted by Gasteiger charge is 2.09. The van der Waals surface area contributed by atoms with Crippen molar-refractivity contribution in [2.45, 2.75) is 25.4 Å². The predicted octanol–water partition coefficient (Wildman–Crippen LogP) is 5.19. The van der Waals surface area contributed by atoms with Crippen molar-refractivity contribution in [3.05, 3.63) is 101 Å². The predicted molar refractivity (Wildman–Crippen MR) is 110 cm³/mol. The lowest BCUT2D eigenvalue weighted by molar-refractivity contribution is -0.115. The summed E-state index contributed by atoms with van der Waals surface area (Å²) in [4.78, 5) is 12.2. The molecule has 0 aromatic heterocycles.